The van der Waals surface area contributed by atoms with Crippen molar-refractivity contribution in [3.8, 4) is 5.75 Å². The van der Waals surface area contributed by atoms with Crippen LogP contribution in [0.2, 0.25) is 0 Å². The third-order valence-corrected chi connectivity index (χ3v) is 2.44. The molecule has 0 heterocycles. The van der Waals surface area contributed by atoms with E-state index in [0.29, 0.717) is 18.6 Å². The number of aryl methyl sites for hydroxylation is 1. The van der Waals surface area contributed by atoms with Crippen molar-refractivity contribution < 1.29 is 14.2 Å². The first-order chi connectivity index (χ1) is 7.22. The molecule has 1 rings (SSSR count). The summed E-state index contributed by atoms with van der Waals surface area (Å²) in [4.78, 5) is 0. The Morgan fingerprint density at radius 1 is 1.40 bits per heavy atom. The van der Waals surface area contributed by atoms with Crippen LogP contribution in [0.1, 0.15) is 24.5 Å². The number of hydrogen-bond acceptors (Lipinski definition) is 2. The lowest BCUT2D eigenvalue weighted by Crippen LogP contribution is -2.00. The van der Waals surface area contributed by atoms with Crippen LogP contribution >= 0.6 is 0 Å². The summed E-state index contributed by atoms with van der Waals surface area (Å²) >= 11 is 0. The highest BCUT2D eigenvalue weighted by Gasteiger charge is 2.09. The van der Waals surface area contributed by atoms with Crippen LogP contribution in [0.4, 0.5) is 4.39 Å². The molecule has 0 bridgehead atoms. The Morgan fingerprint density at radius 2 is 2.13 bits per heavy atom. The minimum Gasteiger partial charge on any atom is -0.496 e. The molecule has 0 unspecified atom stereocenters. The second kappa shape index (κ2) is 5.71. The largest absolute Gasteiger partial charge is 0.496 e. The maximum absolute atomic E-state index is 13.2. The molecule has 1 aromatic carbocycles. The SMILES string of the molecule is CCc1c(CCCO)cc(F)cc1OC. The molecule has 0 aliphatic heterocycles. The van der Waals surface area contributed by atoms with Crippen LogP contribution in [0.15, 0.2) is 12.1 Å². The van der Waals surface area contributed by atoms with Gasteiger partial charge >= 0.3 is 0 Å². The minimum absolute atomic E-state index is 0.127. The molecule has 0 aliphatic rings. The number of aliphatic hydroxyl groups is 1. The predicted octanol–water partition coefficient (Wildman–Crippen LogP) is 2.32. The summed E-state index contributed by atoms with van der Waals surface area (Å²) in [6.45, 7) is 2.14. The van der Waals surface area contributed by atoms with Crippen LogP contribution in [0.5, 0.6) is 5.75 Å². The second-order valence-electron chi connectivity index (χ2n) is 3.43. The van der Waals surface area contributed by atoms with Crippen LogP contribution in [-0.2, 0) is 12.8 Å². The van der Waals surface area contributed by atoms with E-state index in [2.05, 4.69) is 0 Å². The quantitative estimate of drug-likeness (QED) is 0.811. The van der Waals surface area contributed by atoms with E-state index in [1.165, 1.54) is 12.1 Å². The zero-order valence-corrected chi connectivity index (χ0v) is 9.22. The number of rotatable bonds is 5. The van der Waals surface area contributed by atoms with Gasteiger partial charge in [0, 0.05) is 12.7 Å². The van der Waals surface area contributed by atoms with Gasteiger partial charge in [-0.15, -0.1) is 0 Å². The van der Waals surface area contributed by atoms with Crippen molar-refractivity contribution in [2.75, 3.05) is 13.7 Å². The molecule has 0 aliphatic carbocycles. The average Bonchev–Trinajstić information content (AvgIpc) is 2.25. The molecule has 0 saturated carbocycles. The molecule has 0 saturated heterocycles. The number of benzene rings is 1. The van der Waals surface area contributed by atoms with Crippen molar-refractivity contribution in [1.29, 1.82) is 0 Å². The fourth-order valence-electron chi connectivity index (χ4n) is 1.74. The lowest BCUT2D eigenvalue weighted by molar-refractivity contribution is 0.288. The molecule has 1 N–H and O–H groups in total. The molecule has 2 nitrogen and oxygen atoms in total. The number of ether oxygens (including phenoxy) is 1. The fraction of sp³-hybridized carbons (Fsp3) is 0.500. The maximum atomic E-state index is 13.2. The van der Waals surface area contributed by atoms with Gasteiger partial charge in [0.2, 0.25) is 0 Å². The molecule has 1 aromatic rings. The van der Waals surface area contributed by atoms with Crippen molar-refractivity contribution in [2.45, 2.75) is 26.2 Å². The summed E-state index contributed by atoms with van der Waals surface area (Å²) in [5, 5.41) is 8.76. The van der Waals surface area contributed by atoms with Gasteiger partial charge in [0.15, 0.2) is 0 Å². The molecule has 0 fully saturated rings. The topological polar surface area (TPSA) is 29.5 Å². The Kier molecular flexibility index (Phi) is 4.56. The summed E-state index contributed by atoms with van der Waals surface area (Å²) in [7, 11) is 1.55. The zero-order chi connectivity index (χ0) is 11.3. The molecule has 0 spiro atoms. The Labute approximate surface area is 89.7 Å². The molecule has 3 heteroatoms. The Balaban J connectivity index is 3.05. The third-order valence-electron chi connectivity index (χ3n) is 2.44. The van der Waals surface area contributed by atoms with Crippen LogP contribution in [0, 0.1) is 5.82 Å². The first-order valence-electron chi connectivity index (χ1n) is 5.19. The normalized spacial score (nSPS) is 10.4. The standard InChI is InChI=1S/C12H17FO2/c1-3-11-9(5-4-6-14)7-10(13)8-12(11)15-2/h7-8,14H,3-6H2,1-2H3. The second-order valence-corrected chi connectivity index (χ2v) is 3.43. The minimum atomic E-state index is -0.281. The van der Waals surface area contributed by atoms with Gasteiger partial charge in [-0.3, -0.25) is 0 Å². The maximum Gasteiger partial charge on any atom is 0.127 e. The molecular formula is C12H17FO2. The molecular weight excluding hydrogens is 195 g/mol. The highest BCUT2D eigenvalue weighted by Crippen LogP contribution is 2.25. The predicted molar refractivity (Wildman–Crippen MR) is 57.7 cm³/mol. The van der Waals surface area contributed by atoms with Crippen molar-refractivity contribution in [1.82, 2.24) is 0 Å². The molecule has 0 amide bonds. The summed E-state index contributed by atoms with van der Waals surface area (Å²) < 4.78 is 18.4. The van der Waals surface area contributed by atoms with Crippen molar-refractivity contribution in [3.05, 3.63) is 29.1 Å². The van der Waals surface area contributed by atoms with E-state index in [-0.39, 0.29) is 12.4 Å². The monoisotopic (exact) mass is 212 g/mol. The molecule has 15 heavy (non-hydrogen) atoms. The van der Waals surface area contributed by atoms with Crippen molar-refractivity contribution in [3.63, 3.8) is 0 Å². The van der Waals surface area contributed by atoms with Crippen molar-refractivity contribution in [2.24, 2.45) is 0 Å². The summed E-state index contributed by atoms with van der Waals surface area (Å²) in [6.07, 6.45) is 2.15. The number of halogens is 1. The first kappa shape index (κ1) is 12.0. The number of hydrogen-bond donors (Lipinski definition) is 1. The summed E-state index contributed by atoms with van der Waals surface area (Å²) in [5.74, 6) is 0.322. The van der Waals surface area contributed by atoms with Gasteiger partial charge in [-0.25, -0.2) is 4.39 Å². The number of methoxy groups -OCH3 is 1. The lowest BCUT2D eigenvalue weighted by atomic mass is 10.00. The Bertz CT molecular complexity index is 324. The highest BCUT2D eigenvalue weighted by molar-refractivity contribution is 5.41. The number of aliphatic hydroxyl groups excluding tert-OH is 1. The van der Waals surface area contributed by atoms with Gasteiger partial charge in [-0.2, -0.15) is 0 Å². The van der Waals surface area contributed by atoms with E-state index in [9.17, 15) is 4.39 Å². The first-order valence-corrected chi connectivity index (χ1v) is 5.19. The fourth-order valence-corrected chi connectivity index (χ4v) is 1.74. The van der Waals surface area contributed by atoms with Gasteiger partial charge in [-0.1, -0.05) is 6.92 Å². The average molecular weight is 212 g/mol. The van der Waals surface area contributed by atoms with Crippen LogP contribution < -0.4 is 4.74 Å². The molecule has 0 atom stereocenters. The van der Waals surface area contributed by atoms with Gasteiger partial charge in [-0.05, 0) is 36.5 Å². The van der Waals surface area contributed by atoms with E-state index < -0.39 is 0 Å². The van der Waals surface area contributed by atoms with E-state index >= 15 is 0 Å². The van der Waals surface area contributed by atoms with Crippen molar-refractivity contribution >= 4 is 0 Å². The van der Waals surface area contributed by atoms with Crippen LogP contribution in [0.3, 0.4) is 0 Å². The Morgan fingerprint density at radius 3 is 2.67 bits per heavy atom. The van der Waals surface area contributed by atoms with Crippen LogP contribution in [-0.4, -0.2) is 18.8 Å². The smallest absolute Gasteiger partial charge is 0.127 e. The summed E-state index contributed by atoms with van der Waals surface area (Å²) in [6, 6.07) is 2.93. The van der Waals surface area contributed by atoms with Gasteiger partial charge < -0.3 is 9.84 Å². The van der Waals surface area contributed by atoms with Crippen LogP contribution in [0.25, 0.3) is 0 Å². The van der Waals surface area contributed by atoms with E-state index in [4.69, 9.17) is 9.84 Å². The zero-order valence-electron chi connectivity index (χ0n) is 9.22. The van der Waals surface area contributed by atoms with E-state index in [1.54, 1.807) is 7.11 Å². The summed E-state index contributed by atoms with van der Waals surface area (Å²) in [5.41, 5.74) is 1.97. The van der Waals surface area contributed by atoms with Gasteiger partial charge in [0.25, 0.3) is 0 Å². The van der Waals surface area contributed by atoms with Gasteiger partial charge in [0.1, 0.15) is 11.6 Å². The van der Waals surface area contributed by atoms with Gasteiger partial charge in [0.05, 0.1) is 7.11 Å². The third kappa shape index (κ3) is 2.93. The Hall–Kier alpha value is -1.09. The van der Waals surface area contributed by atoms with E-state index in [1.807, 2.05) is 6.92 Å². The van der Waals surface area contributed by atoms with E-state index in [0.717, 1.165) is 17.5 Å². The highest BCUT2D eigenvalue weighted by atomic mass is 19.1. The molecule has 0 radical (unpaired) electrons. The lowest BCUT2D eigenvalue weighted by Gasteiger charge is -2.12. The molecule has 84 valence electrons. The molecule has 0 aromatic heterocycles.